The standard InChI is InChI=1S/C28H29N3O3S2/c1-19-11-15-23(16-12-19)36(33,34)31-17-7-10-24(31)27(32)30(18-22-8-5-4-6-9-22)28-29-25-20(2)13-14-21(3)26(25)35-28/h4-6,8-9,11-16,24H,7,10,17-18H2,1-3H3. The Bertz CT molecular complexity index is 1470. The molecule has 186 valence electrons. The van der Waals surface area contributed by atoms with Gasteiger partial charge < -0.3 is 0 Å². The maximum atomic E-state index is 14.1. The Kier molecular flexibility index (Phi) is 6.68. The van der Waals surface area contributed by atoms with Crippen LogP contribution in [-0.2, 0) is 21.4 Å². The van der Waals surface area contributed by atoms with E-state index in [1.807, 2.05) is 57.2 Å². The van der Waals surface area contributed by atoms with Crippen molar-refractivity contribution in [3.05, 3.63) is 89.0 Å². The third-order valence-corrected chi connectivity index (χ3v) is 9.86. The Morgan fingerprint density at radius 2 is 1.69 bits per heavy atom. The van der Waals surface area contributed by atoms with Crippen LogP contribution in [0.25, 0.3) is 10.2 Å². The maximum absolute atomic E-state index is 14.1. The van der Waals surface area contributed by atoms with Gasteiger partial charge in [0.25, 0.3) is 0 Å². The van der Waals surface area contributed by atoms with Crippen molar-refractivity contribution in [2.75, 3.05) is 11.4 Å². The lowest BCUT2D eigenvalue weighted by atomic mass is 10.1. The number of fused-ring (bicyclic) bond motifs is 1. The van der Waals surface area contributed by atoms with E-state index in [4.69, 9.17) is 4.98 Å². The number of aromatic nitrogens is 1. The summed E-state index contributed by atoms with van der Waals surface area (Å²) in [4.78, 5) is 20.9. The first-order valence-electron chi connectivity index (χ1n) is 12.1. The molecule has 1 aromatic heterocycles. The van der Waals surface area contributed by atoms with Crippen molar-refractivity contribution in [2.45, 2.75) is 51.1 Å². The van der Waals surface area contributed by atoms with E-state index in [1.165, 1.54) is 15.6 Å². The summed E-state index contributed by atoms with van der Waals surface area (Å²) in [5.74, 6) is -0.235. The van der Waals surface area contributed by atoms with E-state index in [0.29, 0.717) is 31.1 Å². The van der Waals surface area contributed by atoms with E-state index in [2.05, 4.69) is 6.07 Å². The smallest absolute Gasteiger partial charge is 0.247 e. The van der Waals surface area contributed by atoms with E-state index in [9.17, 15) is 13.2 Å². The van der Waals surface area contributed by atoms with Gasteiger partial charge in [-0.15, -0.1) is 0 Å². The maximum Gasteiger partial charge on any atom is 0.247 e. The second-order valence-corrected chi connectivity index (χ2v) is 12.2. The number of carbonyl (C=O) groups excluding carboxylic acids is 1. The summed E-state index contributed by atoms with van der Waals surface area (Å²) in [6.07, 6.45) is 1.12. The number of amides is 1. The van der Waals surface area contributed by atoms with Crippen LogP contribution >= 0.6 is 11.3 Å². The van der Waals surface area contributed by atoms with Crippen LogP contribution in [0.4, 0.5) is 5.13 Å². The highest BCUT2D eigenvalue weighted by Crippen LogP contribution is 2.36. The molecule has 36 heavy (non-hydrogen) atoms. The van der Waals surface area contributed by atoms with E-state index in [-0.39, 0.29) is 10.8 Å². The van der Waals surface area contributed by atoms with Crippen LogP contribution in [0, 0.1) is 20.8 Å². The number of carbonyl (C=O) groups is 1. The fourth-order valence-electron chi connectivity index (χ4n) is 4.67. The quantitative estimate of drug-likeness (QED) is 0.332. The number of benzene rings is 3. The van der Waals surface area contributed by atoms with E-state index < -0.39 is 16.1 Å². The molecule has 0 aliphatic carbocycles. The summed E-state index contributed by atoms with van der Waals surface area (Å²) in [5.41, 5.74) is 4.99. The summed E-state index contributed by atoms with van der Waals surface area (Å²) in [6, 6.07) is 19.9. The SMILES string of the molecule is Cc1ccc(S(=O)(=O)N2CCCC2C(=O)N(Cc2ccccc2)c2nc3c(C)ccc(C)c3s2)cc1. The number of sulfonamides is 1. The van der Waals surface area contributed by atoms with Crippen molar-refractivity contribution in [1.82, 2.24) is 9.29 Å². The molecule has 1 fully saturated rings. The molecule has 1 saturated heterocycles. The van der Waals surface area contributed by atoms with Gasteiger partial charge in [0.05, 0.1) is 21.7 Å². The fraction of sp³-hybridized carbons (Fsp3) is 0.286. The van der Waals surface area contributed by atoms with Crippen molar-refractivity contribution in [2.24, 2.45) is 0 Å². The Balaban J connectivity index is 1.55. The van der Waals surface area contributed by atoms with Crippen molar-refractivity contribution in [1.29, 1.82) is 0 Å². The normalized spacial score (nSPS) is 16.5. The summed E-state index contributed by atoms with van der Waals surface area (Å²) >= 11 is 1.49. The van der Waals surface area contributed by atoms with Crippen LogP contribution in [0.1, 0.15) is 35.1 Å². The molecule has 0 N–H and O–H groups in total. The molecule has 0 saturated carbocycles. The Hall–Kier alpha value is -3.07. The molecule has 0 bridgehead atoms. The van der Waals surface area contributed by atoms with Gasteiger partial charge in [0, 0.05) is 6.54 Å². The van der Waals surface area contributed by atoms with Gasteiger partial charge in [-0.3, -0.25) is 9.69 Å². The highest BCUT2D eigenvalue weighted by Gasteiger charge is 2.42. The predicted octanol–water partition coefficient (Wildman–Crippen LogP) is 5.61. The minimum Gasteiger partial charge on any atom is -0.282 e. The lowest BCUT2D eigenvalue weighted by Gasteiger charge is -2.28. The first-order chi connectivity index (χ1) is 17.3. The van der Waals surface area contributed by atoms with Gasteiger partial charge >= 0.3 is 0 Å². The van der Waals surface area contributed by atoms with Gasteiger partial charge in [-0.2, -0.15) is 4.31 Å². The van der Waals surface area contributed by atoms with Crippen LogP contribution in [0.5, 0.6) is 0 Å². The highest BCUT2D eigenvalue weighted by atomic mass is 32.2. The number of thiazole rings is 1. The lowest BCUT2D eigenvalue weighted by Crippen LogP contribution is -2.47. The molecule has 1 unspecified atom stereocenters. The predicted molar refractivity (Wildman–Crippen MR) is 145 cm³/mol. The van der Waals surface area contributed by atoms with Crippen LogP contribution in [0.15, 0.2) is 71.6 Å². The second-order valence-electron chi connectivity index (χ2n) is 9.37. The van der Waals surface area contributed by atoms with E-state index >= 15 is 0 Å². The first kappa shape index (κ1) is 24.6. The topological polar surface area (TPSA) is 70.6 Å². The number of anilines is 1. The minimum atomic E-state index is -3.81. The fourth-order valence-corrected chi connectivity index (χ4v) is 7.44. The summed E-state index contributed by atoms with van der Waals surface area (Å²) in [5, 5.41) is 0.593. The number of hydrogen-bond acceptors (Lipinski definition) is 5. The van der Waals surface area contributed by atoms with Crippen molar-refractivity contribution in [3.63, 3.8) is 0 Å². The van der Waals surface area contributed by atoms with Gasteiger partial charge in [-0.1, -0.05) is 71.5 Å². The van der Waals surface area contributed by atoms with Gasteiger partial charge in [-0.05, 0) is 62.4 Å². The molecule has 1 amide bonds. The molecule has 4 aromatic rings. The molecule has 3 aromatic carbocycles. The molecule has 2 heterocycles. The third-order valence-electron chi connectivity index (χ3n) is 6.73. The van der Waals surface area contributed by atoms with Crippen molar-refractivity contribution >= 4 is 42.6 Å². The number of aryl methyl sites for hydroxylation is 3. The lowest BCUT2D eigenvalue weighted by molar-refractivity contribution is -0.121. The zero-order valence-electron chi connectivity index (χ0n) is 20.6. The molecule has 1 aliphatic heterocycles. The molecule has 1 atom stereocenters. The molecule has 5 rings (SSSR count). The first-order valence-corrected chi connectivity index (χ1v) is 14.3. The second kappa shape index (κ2) is 9.76. The van der Waals surface area contributed by atoms with Gasteiger partial charge in [0.2, 0.25) is 15.9 Å². The minimum absolute atomic E-state index is 0.216. The van der Waals surface area contributed by atoms with Gasteiger partial charge in [0.1, 0.15) is 6.04 Å². The largest absolute Gasteiger partial charge is 0.282 e. The summed E-state index contributed by atoms with van der Waals surface area (Å²) in [6.45, 7) is 6.62. The van der Waals surface area contributed by atoms with Gasteiger partial charge in [-0.25, -0.2) is 13.4 Å². The Morgan fingerprint density at radius 1 is 1.00 bits per heavy atom. The highest BCUT2D eigenvalue weighted by molar-refractivity contribution is 7.89. The molecule has 0 radical (unpaired) electrons. The molecule has 6 nitrogen and oxygen atoms in total. The molecule has 8 heteroatoms. The monoisotopic (exact) mass is 519 g/mol. The van der Waals surface area contributed by atoms with Gasteiger partial charge in [0.15, 0.2) is 5.13 Å². The molecular formula is C28H29N3O3S2. The number of rotatable bonds is 6. The van der Waals surface area contributed by atoms with Crippen LogP contribution < -0.4 is 4.90 Å². The Labute approximate surface area is 216 Å². The average molecular weight is 520 g/mol. The van der Waals surface area contributed by atoms with E-state index in [0.717, 1.165) is 32.5 Å². The third kappa shape index (κ3) is 4.56. The molecular weight excluding hydrogens is 490 g/mol. The van der Waals surface area contributed by atoms with Crippen LogP contribution in [0.2, 0.25) is 0 Å². The van der Waals surface area contributed by atoms with Crippen molar-refractivity contribution in [3.8, 4) is 0 Å². The summed E-state index contributed by atoms with van der Waals surface area (Å²) < 4.78 is 29.5. The molecule has 1 aliphatic rings. The number of hydrogen-bond donors (Lipinski definition) is 0. The zero-order valence-corrected chi connectivity index (χ0v) is 22.3. The van der Waals surface area contributed by atoms with E-state index in [1.54, 1.807) is 29.2 Å². The van der Waals surface area contributed by atoms with Crippen LogP contribution in [0.3, 0.4) is 0 Å². The number of nitrogens with zero attached hydrogens (tertiary/aromatic N) is 3. The molecule has 0 spiro atoms. The van der Waals surface area contributed by atoms with Crippen LogP contribution in [-0.4, -0.2) is 36.2 Å². The zero-order chi connectivity index (χ0) is 25.4. The average Bonchev–Trinajstić information content (AvgIpc) is 3.54. The van der Waals surface area contributed by atoms with Crippen molar-refractivity contribution < 1.29 is 13.2 Å². The Morgan fingerprint density at radius 3 is 2.39 bits per heavy atom. The summed E-state index contributed by atoms with van der Waals surface area (Å²) in [7, 11) is -3.81.